The first-order valence-corrected chi connectivity index (χ1v) is 11.0. The second-order valence-electron chi connectivity index (χ2n) is 7.29. The fraction of sp³-hybridized carbons (Fsp3) is 0.0833. The maximum atomic E-state index is 13.5. The Hall–Kier alpha value is -2.60. The van der Waals surface area contributed by atoms with E-state index in [1.165, 1.54) is 0 Å². The average Bonchev–Trinajstić information content (AvgIpc) is 3.03. The van der Waals surface area contributed by atoms with Gasteiger partial charge in [0.2, 0.25) is 5.76 Å². The van der Waals surface area contributed by atoms with Crippen LogP contribution in [0.2, 0.25) is 10.0 Å². The highest BCUT2D eigenvalue weighted by Gasteiger charge is 2.42. The zero-order chi connectivity index (χ0) is 21.7. The Labute approximate surface area is 196 Å². The summed E-state index contributed by atoms with van der Waals surface area (Å²) >= 11 is 15.9. The van der Waals surface area contributed by atoms with Crippen LogP contribution in [-0.2, 0) is 6.54 Å². The van der Waals surface area contributed by atoms with Gasteiger partial charge in [0.15, 0.2) is 5.43 Å². The van der Waals surface area contributed by atoms with Crippen molar-refractivity contribution in [3.05, 3.63) is 114 Å². The van der Waals surface area contributed by atoms with Crippen molar-refractivity contribution in [2.75, 3.05) is 0 Å². The van der Waals surface area contributed by atoms with Crippen LogP contribution < -0.4 is 5.43 Å². The van der Waals surface area contributed by atoms with Crippen LogP contribution in [-0.4, -0.2) is 10.8 Å². The van der Waals surface area contributed by atoms with Crippen LogP contribution in [0.1, 0.15) is 33.3 Å². The van der Waals surface area contributed by atoms with Gasteiger partial charge in [-0.1, -0.05) is 69.5 Å². The van der Waals surface area contributed by atoms with E-state index in [0.717, 1.165) is 15.6 Å². The molecule has 5 rings (SSSR count). The summed E-state index contributed by atoms with van der Waals surface area (Å²) < 4.78 is 6.83. The summed E-state index contributed by atoms with van der Waals surface area (Å²) in [4.78, 5) is 28.6. The number of carbonyl (C=O) groups is 1. The quantitative estimate of drug-likeness (QED) is 0.309. The topological polar surface area (TPSA) is 50.5 Å². The van der Waals surface area contributed by atoms with E-state index in [1.54, 1.807) is 29.2 Å². The number of fused-ring (bicyclic) bond motifs is 2. The molecule has 1 aliphatic rings. The number of halogens is 3. The van der Waals surface area contributed by atoms with Crippen LogP contribution in [0, 0.1) is 0 Å². The third-order valence-corrected chi connectivity index (χ3v) is 6.54. The molecule has 1 atom stereocenters. The summed E-state index contributed by atoms with van der Waals surface area (Å²) in [5.41, 5.74) is 1.97. The summed E-state index contributed by atoms with van der Waals surface area (Å²) in [6.45, 7) is 0.236. The van der Waals surface area contributed by atoms with Gasteiger partial charge >= 0.3 is 0 Å². The largest absolute Gasteiger partial charge is 0.450 e. The van der Waals surface area contributed by atoms with Gasteiger partial charge in [-0.15, -0.1) is 0 Å². The lowest BCUT2D eigenvalue weighted by Crippen LogP contribution is -2.29. The molecule has 154 valence electrons. The van der Waals surface area contributed by atoms with Crippen molar-refractivity contribution in [1.29, 1.82) is 0 Å². The SMILES string of the molecule is O=C1c2oc3ccc(Cl)cc3c(=O)c2C(c2ccc(Br)cc2)N1Cc1ccccc1Cl. The molecule has 1 amide bonds. The minimum absolute atomic E-state index is 0.0554. The first kappa shape index (κ1) is 20.3. The summed E-state index contributed by atoms with van der Waals surface area (Å²) in [6, 6.07) is 19.1. The maximum absolute atomic E-state index is 13.5. The molecule has 0 saturated carbocycles. The molecular formula is C24H14BrCl2NO3. The lowest BCUT2D eigenvalue weighted by molar-refractivity contribution is 0.0714. The van der Waals surface area contributed by atoms with Crippen molar-refractivity contribution in [3.8, 4) is 0 Å². The molecule has 0 N–H and O–H groups in total. The van der Waals surface area contributed by atoms with E-state index in [2.05, 4.69) is 15.9 Å². The Morgan fingerprint density at radius 2 is 1.71 bits per heavy atom. The van der Waals surface area contributed by atoms with Crippen LogP contribution in [0.15, 0.2) is 80.4 Å². The second kappa shape index (κ2) is 7.83. The zero-order valence-corrected chi connectivity index (χ0v) is 19.0. The molecule has 0 spiro atoms. The molecule has 0 aliphatic carbocycles. The molecule has 1 aliphatic heterocycles. The predicted molar refractivity (Wildman–Crippen MR) is 125 cm³/mol. The molecule has 0 radical (unpaired) electrons. The van der Waals surface area contributed by atoms with Gasteiger partial charge in [-0.2, -0.15) is 0 Å². The van der Waals surface area contributed by atoms with Crippen LogP contribution in [0.4, 0.5) is 0 Å². The van der Waals surface area contributed by atoms with E-state index in [9.17, 15) is 9.59 Å². The van der Waals surface area contributed by atoms with E-state index in [4.69, 9.17) is 27.6 Å². The van der Waals surface area contributed by atoms with Crippen LogP contribution in [0.25, 0.3) is 11.0 Å². The van der Waals surface area contributed by atoms with E-state index in [0.29, 0.717) is 26.6 Å². The molecule has 7 heteroatoms. The minimum atomic E-state index is -0.605. The molecule has 0 bridgehead atoms. The zero-order valence-electron chi connectivity index (χ0n) is 15.9. The number of hydrogen-bond donors (Lipinski definition) is 0. The van der Waals surface area contributed by atoms with Crippen molar-refractivity contribution < 1.29 is 9.21 Å². The van der Waals surface area contributed by atoms with Gasteiger partial charge in [0.05, 0.1) is 17.0 Å². The Balaban J connectivity index is 1.74. The molecule has 3 aromatic carbocycles. The lowest BCUT2D eigenvalue weighted by Gasteiger charge is -2.25. The number of hydrogen-bond acceptors (Lipinski definition) is 3. The highest BCUT2D eigenvalue weighted by atomic mass is 79.9. The van der Waals surface area contributed by atoms with Crippen molar-refractivity contribution in [3.63, 3.8) is 0 Å². The second-order valence-corrected chi connectivity index (χ2v) is 9.05. The standard InChI is InChI=1S/C24H14BrCl2NO3/c25-15-7-5-13(6-8-15)21-20-22(29)17-11-16(26)9-10-19(17)31-23(20)24(30)28(21)12-14-3-1-2-4-18(14)27/h1-11,21H,12H2. The Morgan fingerprint density at radius 3 is 2.45 bits per heavy atom. The number of benzene rings is 3. The van der Waals surface area contributed by atoms with Crippen molar-refractivity contribution in [2.24, 2.45) is 0 Å². The van der Waals surface area contributed by atoms with Gasteiger partial charge < -0.3 is 9.32 Å². The smallest absolute Gasteiger partial charge is 0.291 e. The van der Waals surface area contributed by atoms with Gasteiger partial charge in [-0.3, -0.25) is 9.59 Å². The van der Waals surface area contributed by atoms with Crippen molar-refractivity contribution >= 4 is 56.0 Å². The monoisotopic (exact) mass is 513 g/mol. The van der Waals surface area contributed by atoms with Crippen molar-refractivity contribution in [2.45, 2.75) is 12.6 Å². The van der Waals surface area contributed by atoms with Gasteiger partial charge in [-0.25, -0.2) is 0 Å². The first-order valence-electron chi connectivity index (χ1n) is 9.50. The normalized spacial score (nSPS) is 15.5. The number of carbonyl (C=O) groups excluding carboxylic acids is 1. The molecule has 1 aromatic heterocycles. The molecule has 31 heavy (non-hydrogen) atoms. The highest BCUT2D eigenvalue weighted by molar-refractivity contribution is 9.10. The Bertz CT molecular complexity index is 1400. The summed E-state index contributed by atoms with van der Waals surface area (Å²) in [5.74, 6) is -0.295. The fourth-order valence-corrected chi connectivity index (χ4v) is 4.59. The van der Waals surface area contributed by atoms with Gasteiger partial charge in [-0.05, 0) is 47.5 Å². The predicted octanol–water partition coefficient (Wildman–Crippen LogP) is 6.61. The van der Waals surface area contributed by atoms with Crippen LogP contribution in [0.3, 0.4) is 0 Å². The summed E-state index contributed by atoms with van der Waals surface area (Å²) in [7, 11) is 0. The Kier molecular flexibility index (Phi) is 5.13. The molecule has 1 unspecified atom stereocenters. The maximum Gasteiger partial charge on any atom is 0.291 e. The van der Waals surface area contributed by atoms with E-state index in [1.807, 2.05) is 42.5 Å². The van der Waals surface area contributed by atoms with Crippen molar-refractivity contribution in [1.82, 2.24) is 4.90 Å². The number of nitrogens with zero attached hydrogens (tertiary/aromatic N) is 1. The first-order chi connectivity index (χ1) is 14.9. The number of rotatable bonds is 3. The van der Waals surface area contributed by atoms with Crippen LogP contribution in [0.5, 0.6) is 0 Å². The molecular weight excluding hydrogens is 501 g/mol. The lowest BCUT2D eigenvalue weighted by atomic mass is 9.98. The fourth-order valence-electron chi connectivity index (χ4n) is 3.96. The van der Waals surface area contributed by atoms with E-state index < -0.39 is 6.04 Å². The third-order valence-electron chi connectivity index (χ3n) is 5.41. The molecule has 0 saturated heterocycles. The minimum Gasteiger partial charge on any atom is -0.450 e. The van der Waals surface area contributed by atoms with E-state index >= 15 is 0 Å². The van der Waals surface area contributed by atoms with Gasteiger partial charge in [0.1, 0.15) is 5.58 Å². The summed E-state index contributed by atoms with van der Waals surface area (Å²) in [5, 5.41) is 1.33. The molecule has 0 fully saturated rings. The van der Waals surface area contributed by atoms with Crippen LogP contribution >= 0.6 is 39.1 Å². The number of amides is 1. The Morgan fingerprint density at radius 1 is 0.968 bits per heavy atom. The highest BCUT2D eigenvalue weighted by Crippen LogP contribution is 2.40. The summed E-state index contributed by atoms with van der Waals surface area (Å²) in [6.07, 6.45) is 0. The van der Waals surface area contributed by atoms with Gasteiger partial charge in [0, 0.05) is 21.1 Å². The van der Waals surface area contributed by atoms with E-state index in [-0.39, 0.29) is 23.6 Å². The average molecular weight is 515 g/mol. The molecule has 4 nitrogen and oxygen atoms in total. The molecule has 2 heterocycles. The molecule has 4 aromatic rings. The third kappa shape index (κ3) is 3.47. The van der Waals surface area contributed by atoms with Gasteiger partial charge in [0.25, 0.3) is 5.91 Å².